The summed E-state index contributed by atoms with van der Waals surface area (Å²) in [6.07, 6.45) is 10.4. The maximum Gasteiger partial charge on any atom is 0.1000 e. The molecule has 2 nitrogen and oxygen atoms in total. The van der Waals surface area contributed by atoms with E-state index in [1.807, 2.05) is 6.26 Å². The van der Waals surface area contributed by atoms with Crippen LogP contribution in [-0.2, 0) is 4.74 Å². The van der Waals surface area contributed by atoms with Crippen LogP contribution in [0.3, 0.4) is 0 Å². The van der Waals surface area contributed by atoms with Crippen LogP contribution in [0, 0.1) is 5.92 Å². The molecule has 2 aliphatic rings. The molecular weight excluding hydrogens is 162 g/mol. The molecule has 0 amide bonds. The second-order valence-corrected chi connectivity index (χ2v) is 3.60. The Labute approximate surface area is 79.2 Å². The average molecular weight is 177 g/mol. The Balaban J connectivity index is 2.16. The van der Waals surface area contributed by atoms with E-state index < -0.39 is 0 Å². The molecule has 70 valence electrons. The van der Waals surface area contributed by atoms with Gasteiger partial charge in [0.25, 0.3) is 0 Å². The second-order valence-electron chi connectivity index (χ2n) is 3.60. The van der Waals surface area contributed by atoms with E-state index >= 15 is 0 Å². The van der Waals surface area contributed by atoms with Gasteiger partial charge in [-0.3, -0.25) is 0 Å². The van der Waals surface area contributed by atoms with Crippen molar-refractivity contribution in [1.29, 1.82) is 0 Å². The fraction of sp³-hybridized carbons (Fsp3) is 0.455. The summed E-state index contributed by atoms with van der Waals surface area (Å²) in [4.78, 5) is 2.31. The van der Waals surface area contributed by atoms with Gasteiger partial charge in [0.1, 0.15) is 0 Å². The Morgan fingerprint density at radius 2 is 2.38 bits per heavy atom. The number of nitrogens with zero attached hydrogens (tertiary/aromatic N) is 1. The highest BCUT2D eigenvalue weighted by Crippen LogP contribution is 2.20. The van der Waals surface area contributed by atoms with Crippen LogP contribution in [0.1, 0.15) is 0 Å². The van der Waals surface area contributed by atoms with Crippen molar-refractivity contribution in [3.05, 3.63) is 36.1 Å². The summed E-state index contributed by atoms with van der Waals surface area (Å²) in [5.74, 6) is 0.510. The number of hydrogen-bond acceptors (Lipinski definition) is 2. The molecule has 13 heavy (non-hydrogen) atoms. The van der Waals surface area contributed by atoms with Crippen molar-refractivity contribution in [1.82, 2.24) is 4.90 Å². The molecular formula is C11H15NO. The largest absolute Gasteiger partial charge is 0.500 e. The lowest BCUT2D eigenvalue weighted by atomic mass is 9.95. The minimum absolute atomic E-state index is 0.510. The highest BCUT2D eigenvalue weighted by molar-refractivity contribution is 5.32. The van der Waals surface area contributed by atoms with Gasteiger partial charge in [-0.05, 0) is 12.6 Å². The molecule has 0 fully saturated rings. The molecule has 0 saturated heterocycles. The molecule has 0 radical (unpaired) electrons. The van der Waals surface area contributed by atoms with Crippen LogP contribution in [0.25, 0.3) is 0 Å². The van der Waals surface area contributed by atoms with Gasteiger partial charge in [-0.25, -0.2) is 0 Å². The summed E-state index contributed by atoms with van der Waals surface area (Å²) in [5, 5.41) is 0. The summed E-state index contributed by atoms with van der Waals surface area (Å²) < 4.78 is 5.43. The lowest BCUT2D eigenvalue weighted by Crippen LogP contribution is -2.30. The monoisotopic (exact) mass is 177 g/mol. The third-order valence-electron chi connectivity index (χ3n) is 2.49. The van der Waals surface area contributed by atoms with Crippen LogP contribution in [0.15, 0.2) is 36.1 Å². The van der Waals surface area contributed by atoms with Crippen molar-refractivity contribution in [2.75, 3.05) is 26.7 Å². The Bertz CT molecular complexity index is 265. The Hall–Kier alpha value is -1.02. The Kier molecular flexibility index (Phi) is 2.50. The van der Waals surface area contributed by atoms with Crippen LogP contribution < -0.4 is 0 Å². The molecule has 0 bridgehead atoms. The molecule has 1 unspecified atom stereocenters. The van der Waals surface area contributed by atoms with Gasteiger partial charge in [-0.1, -0.05) is 24.3 Å². The standard InChI is InChI=1S/C11H15NO/c1-12-6-7-13-9-11-5-3-2-4-10(11)8-12/h2-5,9-10H,6-8H2,1H3/b11-9-. The van der Waals surface area contributed by atoms with Crippen LogP contribution in [0.5, 0.6) is 0 Å². The number of hydrogen-bond donors (Lipinski definition) is 0. The zero-order valence-corrected chi connectivity index (χ0v) is 7.94. The van der Waals surface area contributed by atoms with E-state index in [1.165, 1.54) is 5.57 Å². The number of rotatable bonds is 0. The SMILES string of the molecule is CN1CCO/C=C2/C=CC=CC2C1. The first-order valence-electron chi connectivity index (χ1n) is 4.71. The highest BCUT2D eigenvalue weighted by atomic mass is 16.5. The summed E-state index contributed by atoms with van der Waals surface area (Å²) in [6, 6.07) is 0. The first kappa shape index (κ1) is 8.57. The van der Waals surface area contributed by atoms with Gasteiger partial charge in [0.2, 0.25) is 0 Å². The van der Waals surface area contributed by atoms with Crippen molar-refractivity contribution in [2.45, 2.75) is 0 Å². The van der Waals surface area contributed by atoms with Crippen LogP contribution in [0.4, 0.5) is 0 Å². The van der Waals surface area contributed by atoms with Crippen molar-refractivity contribution < 1.29 is 4.74 Å². The van der Waals surface area contributed by atoms with E-state index in [0.717, 1.165) is 19.7 Å². The number of ether oxygens (including phenoxy) is 1. The molecule has 0 aromatic carbocycles. The molecule has 0 saturated carbocycles. The maximum atomic E-state index is 5.43. The molecule has 1 atom stereocenters. The summed E-state index contributed by atoms with van der Waals surface area (Å²) in [7, 11) is 2.14. The first-order chi connectivity index (χ1) is 6.36. The molecule has 0 N–H and O–H groups in total. The molecule has 2 heteroatoms. The molecule has 2 rings (SSSR count). The predicted molar refractivity (Wildman–Crippen MR) is 53.3 cm³/mol. The third kappa shape index (κ3) is 2.01. The minimum atomic E-state index is 0.510. The maximum absolute atomic E-state index is 5.43. The van der Waals surface area contributed by atoms with Gasteiger partial charge in [0.15, 0.2) is 0 Å². The van der Waals surface area contributed by atoms with Gasteiger partial charge in [0.05, 0.1) is 12.9 Å². The van der Waals surface area contributed by atoms with Gasteiger partial charge in [0, 0.05) is 19.0 Å². The summed E-state index contributed by atoms with van der Waals surface area (Å²) >= 11 is 0. The topological polar surface area (TPSA) is 12.5 Å². The normalized spacial score (nSPS) is 32.4. The van der Waals surface area contributed by atoms with E-state index in [9.17, 15) is 0 Å². The van der Waals surface area contributed by atoms with Crippen molar-refractivity contribution >= 4 is 0 Å². The van der Waals surface area contributed by atoms with Crippen LogP contribution >= 0.6 is 0 Å². The van der Waals surface area contributed by atoms with Crippen molar-refractivity contribution in [3.8, 4) is 0 Å². The fourth-order valence-corrected chi connectivity index (χ4v) is 1.68. The average Bonchev–Trinajstić information content (AvgIpc) is 2.11. The molecule has 0 aromatic heterocycles. The molecule has 0 spiro atoms. The second kappa shape index (κ2) is 3.79. The lowest BCUT2D eigenvalue weighted by Gasteiger charge is -2.26. The number of likely N-dealkylation sites (N-methyl/N-ethyl adjacent to an activating group) is 1. The summed E-state index contributed by atoms with van der Waals surface area (Å²) in [5.41, 5.74) is 1.29. The van der Waals surface area contributed by atoms with E-state index in [4.69, 9.17) is 4.74 Å². The first-order valence-corrected chi connectivity index (χ1v) is 4.71. The van der Waals surface area contributed by atoms with Gasteiger partial charge in [-0.15, -0.1) is 0 Å². The minimum Gasteiger partial charge on any atom is -0.500 e. The van der Waals surface area contributed by atoms with Crippen LogP contribution in [0.2, 0.25) is 0 Å². The lowest BCUT2D eigenvalue weighted by molar-refractivity contribution is 0.177. The predicted octanol–water partition coefficient (Wildman–Crippen LogP) is 1.57. The smallest absolute Gasteiger partial charge is 0.1000 e. The molecule has 1 aliphatic heterocycles. The number of fused-ring (bicyclic) bond motifs is 1. The molecule has 1 heterocycles. The zero-order valence-electron chi connectivity index (χ0n) is 7.94. The van der Waals surface area contributed by atoms with Crippen LogP contribution in [-0.4, -0.2) is 31.6 Å². The van der Waals surface area contributed by atoms with Crippen molar-refractivity contribution in [3.63, 3.8) is 0 Å². The molecule has 1 aliphatic carbocycles. The van der Waals surface area contributed by atoms with Crippen molar-refractivity contribution in [2.24, 2.45) is 5.92 Å². The van der Waals surface area contributed by atoms with E-state index in [1.54, 1.807) is 0 Å². The van der Waals surface area contributed by atoms with E-state index in [-0.39, 0.29) is 0 Å². The highest BCUT2D eigenvalue weighted by Gasteiger charge is 2.15. The van der Waals surface area contributed by atoms with Gasteiger partial charge < -0.3 is 9.64 Å². The van der Waals surface area contributed by atoms with Gasteiger partial charge >= 0.3 is 0 Å². The molecule has 0 aromatic rings. The summed E-state index contributed by atoms with van der Waals surface area (Å²) in [6.45, 7) is 2.90. The number of allylic oxidation sites excluding steroid dienone is 3. The zero-order chi connectivity index (χ0) is 9.10. The van der Waals surface area contributed by atoms with E-state index in [2.05, 4.69) is 36.3 Å². The Morgan fingerprint density at radius 3 is 3.31 bits per heavy atom. The van der Waals surface area contributed by atoms with E-state index in [0.29, 0.717) is 5.92 Å². The fourth-order valence-electron chi connectivity index (χ4n) is 1.68. The Morgan fingerprint density at radius 1 is 1.46 bits per heavy atom. The quantitative estimate of drug-likeness (QED) is 0.557. The van der Waals surface area contributed by atoms with Gasteiger partial charge in [-0.2, -0.15) is 0 Å². The third-order valence-corrected chi connectivity index (χ3v) is 2.49.